The summed E-state index contributed by atoms with van der Waals surface area (Å²) < 4.78 is 11.0. The lowest BCUT2D eigenvalue weighted by Gasteiger charge is -2.13. The van der Waals surface area contributed by atoms with E-state index in [1.165, 1.54) is 5.75 Å². The molecule has 2 heterocycles. The van der Waals surface area contributed by atoms with Crippen molar-refractivity contribution in [2.75, 3.05) is 24.7 Å². The van der Waals surface area contributed by atoms with Crippen molar-refractivity contribution < 1.29 is 9.47 Å². The van der Waals surface area contributed by atoms with Crippen LogP contribution in [-0.2, 0) is 9.47 Å². The van der Waals surface area contributed by atoms with Crippen molar-refractivity contribution in [1.82, 2.24) is 0 Å². The maximum absolute atomic E-state index is 5.53. The minimum atomic E-state index is 0.408. The molecular formula is C7H12O2S. The molecule has 0 saturated carbocycles. The summed E-state index contributed by atoms with van der Waals surface area (Å²) in [7, 11) is 0. The first kappa shape index (κ1) is 6.95. The van der Waals surface area contributed by atoms with Crippen LogP contribution < -0.4 is 0 Å². The number of thioether (sulfide) groups is 1. The lowest BCUT2D eigenvalue weighted by molar-refractivity contribution is 0.0492. The minimum absolute atomic E-state index is 0.408. The van der Waals surface area contributed by atoms with Gasteiger partial charge in [0.05, 0.1) is 25.4 Å². The van der Waals surface area contributed by atoms with E-state index < -0.39 is 0 Å². The number of rotatable bonds is 0. The van der Waals surface area contributed by atoms with E-state index in [4.69, 9.17) is 9.47 Å². The molecule has 0 amide bonds. The van der Waals surface area contributed by atoms with Crippen LogP contribution in [0.4, 0.5) is 0 Å². The molecule has 2 aliphatic heterocycles. The summed E-state index contributed by atoms with van der Waals surface area (Å²) in [6, 6.07) is 0. The van der Waals surface area contributed by atoms with Crippen molar-refractivity contribution in [2.45, 2.75) is 18.6 Å². The van der Waals surface area contributed by atoms with Gasteiger partial charge >= 0.3 is 0 Å². The first-order chi connectivity index (χ1) is 4.95. The largest absolute Gasteiger partial charge is 0.375 e. The number of hydrogen-bond acceptors (Lipinski definition) is 3. The van der Waals surface area contributed by atoms with Gasteiger partial charge in [-0.05, 0) is 0 Å². The zero-order valence-electron chi connectivity index (χ0n) is 5.91. The fourth-order valence-electron chi connectivity index (χ4n) is 1.39. The summed E-state index contributed by atoms with van der Waals surface area (Å²) in [6.45, 7) is 1.73. The third-order valence-electron chi connectivity index (χ3n) is 1.93. The normalized spacial score (nSPS) is 40.8. The number of fused-ring (bicyclic) bond motifs is 2. The molecule has 2 atom stereocenters. The first-order valence-electron chi connectivity index (χ1n) is 3.76. The zero-order chi connectivity index (χ0) is 6.81. The van der Waals surface area contributed by atoms with E-state index in [9.17, 15) is 0 Å². The SMILES string of the molecule is C1CSCC2CC(CO2)O1. The van der Waals surface area contributed by atoms with Crippen LogP contribution in [0.2, 0.25) is 0 Å². The smallest absolute Gasteiger partial charge is 0.0834 e. The third kappa shape index (κ3) is 1.47. The molecule has 0 spiro atoms. The molecular weight excluding hydrogens is 148 g/mol. The summed E-state index contributed by atoms with van der Waals surface area (Å²) >= 11 is 1.94. The average molecular weight is 160 g/mol. The van der Waals surface area contributed by atoms with Gasteiger partial charge in [-0.2, -0.15) is 11.8 Å². The van der Waals surface area contributed by atoms with Gasteiger partial charge in [-0.3, -0.25) is 0 Å². The highest BCUT2D eigenvalue weighted by Gasteiger charge is 2.27. The van der Waals surface area contributed by atoms with E-state index in [-0.39, 0.29) is 0 Å². The Balaban J connectivity index is 1.91. The van der Waals surface area contributed by atoms with Crippen LogP contribution in [0, 0.1) is 0 Å². The Morgan fingerprint density at radius 2 is 2.20 bits per heavy atom. The van der Waals surface area contributed by atoms with Gasteiger partial charge < -0.3 is 9.47 Å². The standard InChI is InChI=1S/C7H12O2S/c1-2-10-5-7-3-6(8-1)4-9-7/h6-7H,1-5H2. The molecule has 2 fully saturated rings. The van der Waals surface area contributed by atoms with Gasteiger partial charge in [-0.1, -0.05) is 0 Å². The summed E-state index contributed by atoms with van der Waals surface area (Å²) in [6.07, 6.45) is 2.01. The van der Waals surface area contributed by atoms with Gasteiger partial charge in [0.15, 0.2) is 0 Å². The van der Waals surface area contributed by atoms with Crippen molar-refractivity contribution in [3.63, 3.8) is 0 Å². The Morgan fingerprint density at radius 3 is 3.20 bits per heavy atom. The second kappa shape index (κ2) is 3.11. The predicted molar refractivity (Wildman–Crippen MR) is 41.4 cm³/mol. The maximum atomic E-state index is 5.53. The summed E-state index contributed by atoms with van der Waals surface area (Å²) in [4.78, 5) is 0. The molecule has 2 saturated heterocycles. The molecule has 2 nitrogen and oxygen atoms in total. The fraction of sp³-hybridized carbons (Fsp3) is 1.00. The molecule has 2 unspecified atom stereocenters. The van der Waals surface area contributed by atoms with Crippen molar-refractivity contribution >= 4 is 11.8 Å². The highest BCUT2D eigenvalue weighted by molar-refractivity contribution is 7.99. The Labute approximate surface area is 65.3 Å². The molecule has 0 aromatic heterocycles. The lowest BCUT2D eigenvalue weighted by Crippen LogP contribution is -2.18. The van der Waals surface area contributed by atoms with Crippen LogP contribution >= 0.6 is 11.8 Å². The van der Waals surface area contributed by atoms with Crippen molar-refractivity contribution in [3.05, 3.63) is 0 Å². The fourth-order valence-corrected chi connectivity index (χ4v) is 2.27. The van der Waals surface area contributed by atoms with Crippen molar-refractivity contribution in [3.8, 4) is 0 Å². The van der Waals surface area contributed by atoms with Gasteiger partial charge in [-0.15, -0.1) is 0 Å². The zero-order valence-corrected chi connectivity index (χ0v) is 6.73. The van der Waals surface area contributed by atoms with Gasteiger partial charge in [0.25, 0.3) is 0 Å². The van der Waals surface area contributed by atoms with E-state index in [1.807, 2.05) is 11.8 Å². The van der Waals surface area contributed by atoms with E-state index in [0.717, 1.165) is 25.4 Å². The third-order valence-corrected chi connectivity index (χ3v) is 2.99. The molecule has 0 aromatic rings. The quantitative estimate of drug-likeness (QED) is 0.524. The Kier molecular flexibility index (Phi) is 2.16. The summed E-state index contributed by atoms with van der Waals surface area (Å²) in [5, 5.41) is 0. The molecule has 3 heteroatoms. The van der Waals surface area contributed by atoms with Crippen LogP contribution in [0.1, 0.15) is 6.42 Å². The van der Waals surface area contributed by atoms with Crippen molar-refractivity contribution in [1.29, 1.82) is 0 Å². The highest BCUT2D eigenvalue weighted by atomic mass is 32.2. The molecule has 2 bridgehead atoms. The van der Waals surface area contributed by atoms with E-state index >= 15 is 0 Å². The Bertz CT molecular complexity index is 106. The summed E-state index contributed by atoms with van der Waals surface area (Å²) in [5.74, 6) is 2.30. The predicted octanol–water partition coefficient (Wildman–Crippen LogP) is 0.907. The molecule has 58 valence electrons. The van der Waals surface area contributed by atoms with Gasteiger partial charge in [0.1, 0.15) is 0 Å². The van der Waals surface area contributed by atoms with E-state index in [0.29, 0.717) is 12.2 Å². The van der Waals surface area contributed by atoms with Gasteiger partial charge in [0, 0.05) is 17.9 Å². The van der Waals surface area contributed by atoms with Crippen LogP contribution in [0.25, 0.3) is 0 Å². The molecule has 2 rings (SSSR count). The van der Waals surface area contributed by atoms with Crippen LogP contribution in [-0.4, -0.2) is 36.9 Å². The molecule has 0 aliphatic carbocycles. The highest BCUT2D eigenvalue weighted by Crippen LogP contribution is 2.22. The monoisotopic (exact) mass is 160 g/mol. The second-order valence-electron chi connectivity index (χ2n) is 2.76. The first-order valence-corrected chi connectivity index (χ1v) is 4.91. The van der Waals surface area contributed by atoms with Gasteiger partial charge in [0.2, 0.25) is 0 Å². The molecule has 0 aromatic carbocycles. The van der Waals surface area contributed by atoms with Crippen LogP contribution in [0.15, 0.2) is 0 Å². The number of ether oxygens (including phenoxy) is 2. The van der Waals surface area contributed by atoms with Crippen LogP contribution in [0.5, 0.6) is 0 Å². The minimum Gasteiger partial charge on any atom is -0.375 e. The van der Waals surface area contributed by atoms with E-state index in [1.54, 1.807) is 0 Å². The second-order valence-corrected chi connectivity index (χ2v) is 3.91. The van der Waals surface area contributed by atoms with Crippen molar-refractivity contribution in [2.24, 2.45) is 0 Å². The van der Waals surface area contributed by atoms with E-state index in [2.05, 4.69) is 0 Å². The Hall–Kier alpha value is 0.270. The molecule has 0 N–H and O–H groups in total. The van der Waals surface area contributed by atoms with Crippen LogP contribution in [0.3, 0.4) is 0 Å². The maximum Gasteiger partial charge on any atom is 0.0834 e. The Morgan fingerprint density at radius 1 is 1.20 bits per heavy atom. The van der Waals surface area contributed by atoms with Gasteiger partial charge in [-0.25, -0.2) is 0 Å². The summed E-state index contributed by atoms with van der Waals surface area (Å²) in [5.41, 5.74) is 0. The topological polar surface area (TPSA) is 18.5 Å². The molecule has 10 heavy (non-hydrogen) atoms. The molecule has 2 aliphatic rings. The lowest BCUT2D eigenvalue weighted by atomic mass is 10.2. The number of hydrogen-bond donors (Lipinski definition) is 0. The molecule has 0 radical (unpaired) electrons. The average Bonchev–Trinajstić information content (AvgIpc) is 2.30.